The number of carboxylic acids is 1. The molecule has 0 spiro atoms. The van der Waals surface area contributed by atoms with Gasteiger partial charge in [-0.1, -0.05) is 40.5 Å². The molecule has 2 saturated heterocycles. The molecule has 0 radical (unpaired) electrons. The van der Waals surface area contributed by atoms with Crippen molar-refractivity contribution in [1.29, 1.82) is 0 Å². The molecule has 2 saturated carbocycles. The summed E-state index contributed by atoms with van der Waals surface area (Å²) >= 11 is 12.7. The second-order valence-electron chi connectivity index (χ2n) is 8.35. The van der Waals surface area contributed by atoms with Crippen LogP contribution in [0.5, 0.6) is 0 Å². The first-order chi connectivity index (χ1) is 13.9. The number of aromatic nitrogens is 2. The Bertz CT molecular complexity index is 967. The van der Waals surface area contributed by atoms with Crippen LogP contribution in [0.4, 0.5) is 0 Å². The zero-order valence-electron chi connectivity index (χ0n) is 15.7. The van der Waals surface area contributed by atoms with Crippen LogP contribution in [0.25, 0.3) is 17.3 Å². The fraction of sp³-hybridized carbons (Fsp3) is 0.476. The first-order valence-corrected chi connectivity index (χ1v) is 10.5. The Balaban J connectivity index is 1.51. The SMILES string of the molecule is O=C(O)C12CCC(/C=C/c3c(-c4c(Cl)cncc4Cl)noc3C3CC3)(CC1)CO2. The standard InChI is InChI=1S/C21H20Cl2N2O4/c22-14-9-24-10-15(23)16(14)17-13(18(29-25-17)12-1-2-12)3-4-20-5-7-21(8-6-20,19(26)27)28-11-20/h3-4,9-10,12H,1-2,5-8,11H2,(H,26,27)/b4-3+. The van der Waals surface area contributed by atoms with E-state index in [1.165, 1.54) is 0 Å². The van der Waals surface area contributed by atoms with Crippen LogP contribution < -0.4 is 0 Å². The molecule has 0 aromatic carbocycles. The number of carbonyl (C=O) groups is 1. The van der Waals surface area contributed by atoms with E-state index in [4.69, 9.17) is 32.5 Å². The zero-order valence-corrected chi connectivity index (χ0v) is 17.2. The Morgan fingerprint density at radius 1 is 1.17 bits per heavy atom. The number of carboxylic acid groups (broad SMARTS) is 1. The maximum absolute atomic E-state index is 11.6. The summed E-state index contributed by atoms with van der Waals surface area (Å²) in [5, 5.41) is 14.6. The highest BCUT2D eigenvalue weighted by molar-refractivity contribution is 6.39. The van der Waals surface area contributed by atoms with Gasteiger partial charge in [0.2, 0.25) is 0 Å². The van der Waals surface area contributed by atoms with Gasteiger partial charge in [0.05, 0.1) is 16.7 Å². The Kier molecular flexibility index (Phi) is 4.49. The van der Waals surface area contributed by atoms with E-state index in [9.17, 15) is 9.90 Å². The lowest BCUT2D eigenvalue weighted by Gasteiger charge is -2.49. The second kappa shape index (κ2) is 6.83. The summed E-state index contributed by atoms with van der Waals surface area (Å²) < 4.78 is 11.5. The minimum Gasteiger partial charge on any atom is -0.479 e. The van der Waals surface area contributed by atoms with Gasteiger partial charge in [-0.25, -0.2) is 4.79 Å². The topological polar surface area (TPSA) is 85.5 Å². The van der Waals surface area contributed by atoms with Gasteiger partial charge in [-0.2, -0.15) is 0 Å². The Hall–Kier alpha value is -1.89. The zero-order chi connectivity index (χ0) is 20.2. The molecule has 2 aliphatic carbocycles. The quantitative estimate of drug-likeness (QED) is 0.682. The maximum atomic E-state index is 11.6. The van der Waals surface area contributed by atoms with Crippen molar-refractivity contribution in [2.24, 2.45) is 5.41 Å². The first kappa shape index (κ1) is 19.1. The molecule has 2 aliphatic heterocycles. The summed E-state index contributed by atoms with van der Waals surface area (Å²) in [5.74, 6) is 0.361. The summed E-state index contributed by atoms with van der Waals surface area (Å²) in [6.45, 7) is 0.409. The van der Waals surface area contributed by atoms with Crippen LogP contribution in [-0.2, 0) is 9.53 Å². The molecule has 4 aliphatic rings. The Morgan fingerprint density at radius 2 is 1.86 bits per heavy atom. The summed E-state index contributed by atoms with van der Waals surface area (Å²) in [7, 11) is 0. The number of aliphatic carboxylic acids is 1. The maximum Gasteiger partial charge on any atom is 0.335 e. The van der Waals surface area contributed by atoms with E-state index < -0.39 is 11.6 Å². The number of pyridine rings is 1. The molecule has 1 N–H and O–H groups in total. The monoisotopic (exact) mass is 434 g/mol. The molecular weight excluding hydrogens is 415 g/mol. The third-order valence-electron chi connectivity index (χ3n) is 6.48. The number of ether oxygens (including phenoxy) is 1. The fourth-order valence-electron chi connectivity index (χ4n) is 4.40. The molecular formula is C21H20Cl2N2O4. The van der Waals surface area contributed by atoms with Crippen LogP contribution >= 0.6 is 23.2 Å². The highest BCUT2D eigenvalue weighted by atomic mass is 35.5. The molecule has 6 rings (SSSR count). The van der Waals surface area contributed by atoms with E-state index in [1.54, 1.807) is 12.4 Å². The number of hydrogen-bond donors (Lipinski definition) is 1. The minimum absolute atomic E-state index is 0.168. The van der Waals surface area contributed by atoms with Crippen molar-refractivity contribution >= 4 is 35.2 Å². The van der Waals surface area contributed by atoms with Crippen molar-refractivity contribution in [2.45, 2.75) is 50.0 Å². The smallest absolute Gasteiger partial charge is 0.335 e. The van der Waals surface area contributed by atoms with Crippen molar-refractivity contribution in [3.05, 3.63) is 39.8 Å². The number of halogens is 2. The van der Waals surface area contributed by atoms with Gasteiger partial charge in [0.15, 0.2) is 5.60 Å². The van der Waals surface area contributed by atoms with E-state index in [1.807, 2.05) is 6.08 Å². The molecule has 2 aromatic heterocycles. The van der Waals surface area contributed by atoms with Gasteiger partial charge in [0.25, 0.3) is 0 Å². The van der Waals surface area contributed by atoms with E-state index >= 15 is 0 Å². The predicted octanol–water partition coefficient (Wildman–Crippen LogP) is 5.35. The molecule has 4 heterocycles. The molecule has 8 heteroatoms. The van der Waals surface area contributed by atoms with Gasteiger partial charge in [-0.05, 0) is 38.5 Å². The minimum atomic E-state index is -1.00. The highest BCUT2D eigenvalue weighted by Gasteiger charge is 2.53. The Morgan fingerprint density at radius 3 is 2.41 bits per heavy atom. The van der Waals surface area contributed by atoms with Gasteiger partial charge in [0, 0.05) is 34.9 Å². The normalized spacial score (nSPS) is 28.9. The van der Waals surface area contributed by atoms with Crippen molar-refractivity contribution in [3.8, 4) is 11.3 Å². The van der Waals surface area contributed by atoms with Crippen LogP contribution in [0.1, 0.15) is 55.8 Å². The average Bonchev–Trinajstić information content (AvgIpc) is 3.48. The van der Waals surface area contributed by atoms with E-state index in [-0.39, 0.29) is 5.41 Å². The van der Waals surface area contributed by atoms with Crippen molar-refractivity contribution in [1.82, 2.24) is 10.1 Å². The molecule has 4 fully saturated rings. The van der Waals surface area contributed by atoms with Crippen molar-refractivity contribution in [2.75, 3.05) is 6.61 Å². The van der Waals surface area contributed by atoms with Crippen LogP contribution in [0.15, 0.2) is 23.0 Å². The lowest BCUT2D eigenvalue weighted by molar-refractivity contribution is -0.199. The molecule has 2 bridgehead atoms. The first-order valence-electron chi connectivity index (χ1n) is 9.79. The number of hydrogen-bond acceptors (Lipinski definition) is 5. The van der Waals surface area contributed by atoms with E-state index in [2.05, 4.69) is 16.2 Å². The molecule has 0 atom stereocenters. The molecule has 6 nitrogen and oxygen atoms in total. The average molecular weight is 435 g/mol. The van der Waals surface area contributed by atoms with Gasteiger partial charge < -0.3 is 14.4 Å². The van der Waals surface area contributed by atoms with Gasteiger partial charge >= 0.3 is 5.97 Å². The predicted molar refractivity (Wildman–Crippen MR) is 108 cm³/mol. The number of nitrogens with zero attached hydrogens (tertiary/aromatic N) is 2. The number of rotatable bonds is 5. The van der Waals surface area contributed by atoms with Crippen LogP contribution in [-0.4, -0.2) is 33.4 Å². The van der Waals surface area contributed by atoms with Crippen molar-refractivity contribution in [3.63, 3.8) is 0 Å². The summed E-state index contributed by atoms with van der Waals surface area (Å²) in [6, 6.07) is 0. The summed E-state index contributed by atoms with van der Waals surface area (Å²) in [6.07, 6.45) is 12.0. The number of fused-ring (bicyclic) bond motifs is 3. The molecule has 2 aromatic rings. The molecule has 152 valence electrons. The lowest BCUT2D eigenvalue weighted by Crippen LogP contribution is -2.54. The summed E-state index contributed by atoms with van der Waals surface area (Å²) in [5.41, 5.74) is 0.944. The van der Waals surface area contributed by atoms with Gasteiger partial charge in [0.1, 0.15) is 11.5 Å². The highest BCUT2D eigenvalue weighted by Crippen LogP contribution is 2.51. The Labute approximate surface area is 177 Å². The third-order valence-corrected chi connectivity index (χ3v) is 7.05. The third kappa shape index (κ3) is 3.18. The summed E-state index contributed by atoms with van der Waals surface area (Å²) in [4.78, 5) is 15.6. The van der Waals surface area contributed by atoms with Gasteiger partial charge in [-0.15, -0.1) is 0 Å². The lowest BCUT2D eigenvalue weighted by atomic mass is 9.66. The van der Waals surface area contributed by atoms with Crippen molar-refractivity contribution < 1.29 is 19.2 Å². The molecule has 0 unspecified atom stereocenters. The van der Waals surface area contributed by atoms with Gasteiger partial charge in [-0.3, -0.25) is 4.98 Å². The van der Waals surface area contributed by atoms with E-state index in [0.717, 1.165) is 37.0 Å². The van der Waals surface area contributed by atoms with Crippen LogP contribution in [0.3, 0.4) is 0 Å². The van der Waals surface area contributed by atoms with E-state index in [0.29, 0.717) is 46.7 Å². The van der Waals surface area contributed by atoms with Crippen LogP contribution in [0, 0.1) is 5.41 Å². The molecule has 29 heavy (non-hydrogen) atoms. The largest absolute Gasteiger partial charge is 0.479 e. The molecule has 0 amide bonds. The van der Waals surface area contributed by atoms with Crippen LogP contribution in [0.2, 0.25) is 10.0 Å². The fourth-order valence-corrected chi connectivity index (χ4v) is 4.95. The second-order valence-corrected chi connectivity index (χ2v) is 9.16.